The molecular weight excluding hydrogens is 303 g/mol. The molecule has 2 aromatic carbocycles. The number of halogens is 1. The summed E-state index contributed by atoms with van der Waals surface area (Å²) in [5.41, 5.74) is 2.87. The summed E-state index contributed by atoms with van der Waals surface area (Å²) in [5.74, 6) is -0.348. The fourth-order valence-corrected chi connectivity index (χ4v) is 3.25. The molecule has 3 nitrogen and oxygen atoms in total. The fraction of sp³-hybridized carbons (Fsp3) is 0.350. The molecule has 4 heteroatoms. The van der Waals surface area contributed by atoms with E-state index in [2.05, 4.69) is 36.5 Å². The molecular formula is C20H23FN2O. The molecule has 24 heavy (non-hydrogen) atoms. The van der Waals surface area contributed by atoms with E-state index in [-0.39, 0.29) is 17.9 Å². The molecule has 0 bridgehead atoms. The van der Waals surface area contributed by atoms with Crippen LogP contribution in [0.15, 0.2) is 48.5 Å². The average molecular weight is 326 g/mol. The van der Waals surface area contributed by atoms with Gasteiger partial charge >= 0.3 is 6.03 Å². The SMILES string of the molecule is Cc1ccc(C2CCCCCN2C(=O)Nc2cccc(F)c2)cc1. The summed E-state index contributed by atoms with van der Waals surface area (Å²) in [6.45, 7) is 2.78. The standard InChI is InChI=1S/C20H23FN2O/c1-15-9-11-16(12-10-15)19-8-3-2-4-13-23(19)20(24)22-18-7-5-6-17(21)14-18/h5-7,9-12,14,19H,2-4,8,13H2,1H3,(H,22,24). The third-order valence-electron chi connectivity index (χ3n) is 4.55. The van der Waals surface area contributed by atoms with Gasteiger partial charge in [0, 0.05) is 12.2 Å². The summed E-state index contributed by atoms with van der Waals surface area (Å²) in [6, 6.07) is 14.3. The summed E-state index contributed by atoms with van der Waals surface area (Å²) in [7, 11) is 0. The number of urea groups is 1. The first-order valence-electron chi connectivity index (χ1n) is 8.53. The maximum absolute atomic E-state index is 13.3. The van der Waals surface area contributed by atoms with E-state index >= 15 is 0 Å². The Morgan fingerprint density at radius 1 is 1.12 bits per heavy atom. The van der Waals surface area contributed by atoms with Crippen LogP contribution in [0.25, 0.3) is 0 Å². The number of anilines is 1. The van der Waals surface area contributed by atoms with E-state index in [1.54, 1.807) is 12.1 Å². The number of aryl methyl sites for hydroxylation is 1. The van der Waals surface area contributed by atoms with Gasteiger partial charge in [0.1, 0.15) is 5.82 Å². The number of hydrogen-bond acceptors (Lipinski definition) is 1. The summed E-state index contributed by atoms with van der Waals surface area (Å²) in [4.78, 5) is 14.7. The van der Waals surface area contributed by atoms with E-state index in [0.29, 0.717) is 5.69 Å². The number of nitrogens with zero attached hydrogens (tertiary/aromatic N) is 1. The summed E-state index contributed by atoms with van der Waals surface area (Å²) < 4.78 is 13.3. The highest BCUT2D eigenvalue weighted by Gasteiger charge is 2.26. The van der Waals surface area contributed by atoms with Crippen LogP contribution < -0.4 is 5.32 Å². The molecule has 1 aliphatic rings. The van der Waals surface area contributed by atoms with Crippen LogP contribution in [0, 0.1) is 12.7 Å². The molecule has 2 amide bonds. The van der Waals surface area contributed by atoms with Crippen molar-refractivity contribution < 1.29 is 9.18 Å². The van der Waals surface area contributed by atoms with Gasteiger partial charge in [-0.2, -0.15) is 0 Å². The highest BCUT2D eigenvalue weighted by atomic mass is 19.1. The van der Waals surface area contributed by atoms with E-state index in [0.717, 1.165) is 37.8 Å². The van der Waals surface area contributed by atoms with Gasteiger partial charge in [-0.05, 0) is 43.5 Å². The third kappa shape index (κ3) is 3.94. The lowest BCUT2D eigenvalue weighted by Gasteiger charge is -2.30. The molecule has 2 aromatic rings. The van der Waals surface area contributed by atoms with Crippen LogP contribution in [0.3, 0.4) is 0 Å². The van der Waals surface area contributed by atoms with Gasteiger partial charge in [-0.1, -0.05) is 48.7 Å². The van der Waals surface area contributed by atoms with Crippen LogP contribution in [-0.4, -0.2) is 17.5 Å². The van der Waals surface area contributed by atoms with E-state index < -0.39 is 0 Å². The van der Waals surface area contributed by atoms with Gasteiger partial charge in [-0.3, -0.25) is 0 Å². The number of carbonyl (C=O) groups excluding carboxylic acids is 1. The predicted octanol–water partition coefficient (Wildman–Crippen LogP) is 5.28. The molecule has 0 spiro atoms. The Hall–Kier alpha value is -2.36. The summed E-state index contributed by atoms with van der Waals surface area (Å²) in [6.07, 6.45) is 4.20. The quantitative estimate of drug-likeness (QED) is 0.799. The van der Waals surface area contributed by atoms with Crippen molar-refractivity contribution >= 4 is 11.7 Å². The first-order chi connectivity index (χ1) is 11.6. The van der Waals surface area contributed by atoms with Crippen LogP contribution in [0.4, 0.5) is 14.9 Å². The van der Waals surface area contributed by atoms with Crippen molar-refractivity contribution in [3.63, 3.8) is 0 Å². The molecule has 1 aliphatic heterocycles. The van der Waals surface area contributed by atoms with Gasteiger partial charge in [0.05, 0.1) is 6.04 Å². The first kappa shape index (κ1) is 16.5. The Labute approximate surface area is 142 Å². The Balaban J connectivity index is 1.81. The van der Waals surface area contributed by atoms with Crippen molar-refractivity contribution in [3.05, 3.63) is 65.5 Å². The topological polar surface area (TPSA) is 32.3 Å². The molecule has 0 saturated carbocycles. The second-order valence-electron chi connectivity index (χ2n) is 6.41. The van der Waals surface area contributed by atoms with Crippen LogP contribution in [0.1, 0.15) is 42.9 Å². The van der Waals surface area contributed by atoms with Crippen LogP contribution in [0.2, 0.25) is 0 Å². The Morgan fingerprint density at radius 2 is 1.92 bits per heavy atom. The van der Waals surface area contributed by atoms with Crippen LogP contribution >= 0.6 is 0 Å². The van der Waals surface area contributed by atoms with Gasteiger partial charge in [-0.15, -0.1) is 0 Å². The minimum Gasteiger partial charge on any atom is -0.317 e. The second kappa shape index (κ2) is 7.47. The zero-order chi connectivity index (χ0) is 16.9. The minimum absolute atomic E-state index is 0.0710. The van der Waals surface area contributed by atoms with E-state index in [1.165, 1.54) is 17.7 Å². The Morgan fingerprint density at radius 3 is 2.67 bits per heavy atom. The molecule has 1 fully saturated rings. The molecule has 1 atom stereocenters. The minimum atomic E-state index is -0.348. The number of rotatable bonds is 2. The zero-order valence-electron chi connectivity index (χ0n) is 14.0. The van der Waals surface area contributed by atoms with Crippen LogP contribution in [-0.2, 0) is 0 Å². The molecule has 3 rings (SSSR count). The van der Waals surface area contributed by atoms with Gasteiger partial charge < -0.3 is 10.2 Å². The molecule has 1 N–H and O–H groups in total. The van der Waals surface area contributed by atoms with Gasteiger partial charge in [0.25, 0.3) is 0 Å². The van der Waals surface area contributed by atoms with Gasteiger partial charge in [-0.25, -0.2) is 9.18 Å². The third-order valence-corrected chi connectivity index (χ3v) is 4.55. The number of amides is 2. The fourth-order valence-electron chi connectivity index (χ4n) is 3.25. The molecule has 0 aromatic heterocycles. The molecule has 1 saturated heterocycles. The number of nitrogens with one attached hydrogen (secondary N) is 1. The van der Waals surface area contributed by atoms with Crippen molar-refractivity contribution in [2.45, 2.75) is 38.6 Å². The lowest BCUT2D eigenvalue weighted by atomic mass is 10.00. The highest BCUT2D eigenvalue weighted by molar-refractivity contribution is 5.89. The molecule has 126 valence electrons. The zero-order valence-corrected chi connectivity index (χ0v) is 14.0. The lowest BCUT2D eigenvalue weighted by Crippen LogP contribution is -2.38. The maximum atomic E-state index is 13.3. The maximum Gasteiger partial charge on any atom is 0.322 e. The van der Waals surface area contributed by atoms with Gasteiger partial charge in [0.2, 0.25) is 0 Å². The highest BCUT2D eigenvalue weighted by Crippen LogP contribution is 2.31. The number of carbonyl (C=O) groups is 1. The van der Waals surface area contributed by atoms with E-state index in [1.807, 2.05) is 4.90 Å². The molecule has 0 aliphatic carbocycles. The molecule has 1 unspecified atom stereocenters. The summed E-state index contributed by atoms with van der Waals surface area (Å²) in [5, 5.41) is 2.84. The van der Waals surface area contributed by atoms with E-state index in [4.69, 9.17) is 0 Å². The van der Waals surface area contributed by atoms with E-state index in [9.17, 15) is 9.18 Å². The second-order valence-corrected chi connectivity index (χ2v) is 6.41. The number of likely N-dealkylation sites (tertiary alicyclic amines) is 1. The largest absolute Gasteiger partial charge is 0.322 e. The van der Waals surface area contributed by atoms with Crippen molar-refractivity contribution in [2.75, 3.05) is 11.9 Å². The van der Waals surface area contributed by atoms with Gasteiger partial charge in [0.15, 0.2) is 0 Å². The van der Waals surface area contributed by atoms with Crippen LogP contribution in [0.5, 0.6) is 0 Å². The monoisotopic (exact) mass is 326 g/mol. The summed E-state index contributed by atoms with van der Waals surface area (Å²) >= 11 is 0. The lowest BCUT2D eigenvalue weighted by molar-refractivity contribution is 0.189. The van der Waals surface area contributed by atoms with Crippen molar-refractivity contribution in [1.82, 2.24) is 4.90 Å². The number of benzene rings is 2. The Bertz CT molecular complexity index is 699. The Kier molecular flexibility index (Phi) is 5.14. The number of hydrogen-bond donors (Lipinski definition) is 1. The predicted molar refractivity (Wildman–Crippen MR) is 94.5 cm³/mol. The molecule has 1 heterocycles. The first-order valence-corrected chi connectivity index (χ1v) is 8.53. The normalized spacial score (nSPS) is 18.1. The van der Waals surface area contributed by atoms with Crippen molar-refractivity contribution in [3.8, 4) is 0 Å². The average Bonchev–Trinajstić information content (AvgIpc) is 2.81. The van der Waals surface area contributed by atoms with Crippen molar-refractivity contribution in [1.29, 1.82) is 0 Å². The smallest absolute Gasteiger partial charge is 0.317 e. The van der Waals surface area contributed by atoms with Crippen molar-refractivity contribution in [2.24, 2.45) is 0 Å². The molecule has 0 radical (unpaired) electrons.